The van der Waals surface area contributed by atoms with Gasteiger partial charge in [0, 0.05) is 36.1 Å². The average Bonchev–Trinajstić information content (AvgIpc) is 2.83. The normalized spacial score (nSPS) is 21.6. The fraction of sp³-hybridized carbons (Fsp3) is 0.724. The van der Waals surface area contributed by atoms with E-state index in [1.54, 1.807) is 4.90 Å². The standard InChI is InChI=1S/C29H45BrN2O3/c1-5-6-7-8-22-9-13-24(14-10-22)27(33)32(21-23-11-15-25(30)16-12-23)26-17-19-31(20-18-26)28(34)35-29(2,3)4/h11-12,15-16,22,24,26H,5-10,13-14,17-21H2,1-4H3/t22-,24-. The zero-order valence-electron chi connectivity index (χ0n) is 22.2. The summed E-state index contributed by atoms with van der Waals surface area (Å²) in [4.78, 5) is 30.3. The second kappa shape index (κ2) is 13.1. The zero-order valence-corrected chi connectivity index (χ0v) is 23.8. The second-order valence-electron chi connectivity index (χ2n) is 11.5. The van der Waals surface area contributed by atoms with Crippen LogP contribution in [0.25, 0.3) is 0 Å². The number of rotatable bonds is 8. The fourth-order valence-corrected chi connectivity index (χ4v) is 5.74. The van der Waals surface area contributed by atoms with Crippen molar-refractivity contribution < 1.29 is 14.3 Å². The first-order valence-corrected chi connectivity index (χ1v) is 14.5. The molecule has 1 aromatic carbocycles. The topological polar surface area (TPSA) is 49.9 Å². The molecule has 1 aliphatic carbocycles. The van der Waals surface area contributed by atoms with Gasteiger partial charge in [-0.25, -0.2) is 4.79 Å². The average molecular weight is 550 g/mol. The monoisotopic (exact) mass is 548 g/mol. The van der Waals surface area contributed by atoms with Gasteiger partial charge in [-0.05, 0) is 82.9 Å². The molecule has 1 heterocycles. The predicted molar refractivity (Wildman–Crippen MR) is 145 cm³/mol. The van der Waals surface area contributed by atoms with Crippen molar-refractivity contribution in [1.29, 1.82) is 0 Å². The maximum absolute atomic E-state index is 13.9. The van der Waals surface area contributed by atoms with Gasteiger partial charge in [0.05, 0.1) is 0 Å². The lowest BCUT2D eigenvalue weighted by molar-refractivity contribution is -0.141. The highest BCUT2D eigenvalue weighted by atomic mass is 79.9. The Hall–Kier alpha value is -1.56. The number of carbonyl (C=O) groups excluding carboxylic acids is 2. The number of unbranched alkanes of at least 4 members (excludes halogenated alkanes) is 2. The van der Waals surface area contributed by atoms with Crippen LogP contribution in [0.1, 0.15) is 97.5 Å². The maximum Gasteiger partial charge on any atom is 0.410 e. The number of benzene rings is 1. The number of piperidine rings is 1. The Balaban J connectivity index is 1.63. The van der Waals surface area contributed by atoms with Crippen molar-refractivity contribution >= 4 is 27.9 Å². The van der Waals surface area contributed by atoms with Gasteiger partial charge < -0.3 is 14.5 Å². The van der Waals surface area contributed by atoms with Crippen LogP contribution in [0.5, 0.6) is 0 Å². The number of carbonyl (C=O) groups is 2. The van der Waals surface area contributed by atoms with Gasteiger partial charge in [-0.15, -0.1) is 0 Å². The van der Waals surface area contributed by atoms with E-state index in [2.05, 4.69) is 39.9 Å². The van der Waals surface area contributed by atoms with Gasteiger partial charge in [-0.2, -0.15) is 0 Å². The van der Waals surface area contributed by atoms with Crippen LogP contribution in [-0.2, 0) is 16.1 Å². The van der Waals surface area contributed by atoms with E-state index in [0.29, 0.717) is 25.5 Å². The SMILES string of the molecule is CCCCC[C@H]1CC[C@H](C(=O)N(Cc2ccc(Br)cc2)C2CCN(C(=O)OC(C)(C)C)CC2)CC1. The number of hydrogen-bond donors (Lipinski definition) is 0. The van der Waals surface area contributed by atoms with Gasteiger partial charge in [0.25, 0.3) is 0 Å². The van der Waals surface area contributed by atoms with Gasteiger partial charge in [-0.1, -0.05) is 60.7 Å². The first-order valence-electron chi connectivity index (χ1n) is 13.7. The molecule has 3 rings (SSSR count). The molecule has 0 aromatic heterocycles. The summed E-state index contributed by atoms with van der Waals surface area (Å²) in [5.74, 6) is 1.25. The molecular weight excluding hydrogens is 504 g/mol. The van der Waals surface area contributed by atoms with Gasteiger partial charge in [0.15, 0.2) is 0 Å². The summed E-state index contributed by atoms with van der Waals surface area (Å²) in [6.07, 6.45) is 11.0. The van der Waals surface area contributed by atoms with E-state index in [-0.39, 0.29) is 18.1 Å². The minimum atomic E-state index is -0.493. The van der Waals surface area contributed by atoms with Crippen LogP contribution in [-0.4, -0.2) is 46.5 Å². The Morgan fingerprint density at radius 2 is 1.63 bits per heavy atom. The maximum atomic E-state index is 13.9. The molecule has 1 saturated carbocycles. The van der Waals surface area contributed by atoms with Crippen LogP contribution in [0.3, 0.4) is 0 Å². The molecule has 1 aromatic rings. The Morgan fingerprint density at radius 1 is 1.00 bits per heavy atom. The molecule has 0 N–H and O–H groups in total. The number of hydrogen-bond acceptors (Lipinski definition) is 3. The van der Waals surface area contributed by atoms with Crippen molar-refractivity contribution in [3.8, 4) is 0 Å². The van der Waals surface area contributed by atoms with E-state index >= 15 is 0 Å². The van der Waals surface area contributed by atoms with E-state index in [1.165, 1.54) is 38.5 Å². The number of amides is 2. The van der Waals surface area contributed by atoms with Gasteiger partial charge >= 0.3 is 6.09 Å². The van der Waals surface area contributed by atoms with E-state index in [0.717, 1.165) is 41.6 Å². The summed E-state index contributed by atoms with van der Waals surface area (Å²) >= 11 is 3.52. The molecule has 0 bridgehead atoms. The summed E-state index contributed by atoms with van der Waals surface area (Å²) < 4.78 is 6.62. The number of ether oxygens (including phenoxy) is 1. The Kier molecular flexibility index (Phi) is 10.5. The first kappa shape index (κ1) is 28.0. The smallest absolute Gasteiger partial charge is 0.410 e. The molecule has 2 aliphatic rings. The molecule has 2 amide bonds. The summed E-state index contributed by atoms with van der Waals surface area (Å²) in [7, 11) is 0. The lowest BCUT2D eigenvalue weighted by atomic mass is 9.79. The molecule has 1 aliphatic heterocycles. The third-order valence-electron chi connectivity index (χ3n) is 7.52. The summed E-state index contributed by atoms with van der Waals surface area (Å²) in [6, 6.07) is 8.46. The molecule has 6 heteroatoms. The molecule has 5 nitrogen and oxygen atoms in total. The third kappa shape index (κ3) is 8.80. The van der Waals surface area contributed by atoms with Crippen LogP contribution in [0.15, 0.2) is 28.7 Å². The second-order valence-corrected chi connectivity index (χ2v) is 12.4. The zero-order chi connectivity index (χ0) is 25.4. The van der Waals surface area contributed by atoms with Crippen LogP contribution in [0.2, 0.25) is 0 Å². The quantitative estimate of drug-likeness (QED) is 0.315. The minimum absolute atomic E-state index is 0.136. The van der Waals surface area contributed by atoms with Gasteiger partial charge in [0.1, 0.15) is 5.60 Å². The molecule has 0 unspecified atom stereocenters. The van der Waals surface area contributed by atoms with Crippen molar-refractivity contribution in [2.75, 3.05) is 13.1 Å². The molecule has 196 valence electrons. The fourth-order valence-electron chi connectivity index (χ4n) is 5.48. The highest BCUT2D eigenvalue weighted by Gasteiger charge is 2.35. The third-order valence-corrected chi connectivity index (χ3v) is 8.05. The molecule has 1 saturated heterocycles. The predicted octanol–water partition coefficient (Wildman–Crippen LogP) is 7.56. The van der Waals surface area contributed by atoms with Crippen LogP contribution >= 0.6 is 15.9 Å². The largest absolute Gasteiger partial charge is 0.444 e. The number of nitrogens with zero attached hydrogens (tertiary/aromatic N) is 2. The van der Waals surface area contributed by atoms with Crippen LogP contribution in [0, 0.1) is 11.8 Å². The van der Waals surface area contributed by atoms with E-state index in [9.17, 15) is 9.59 Å². The Bertz CT molecular complexity index is 804. The van der Waals surface area contributed by atoms with E-state index in [4.69, 9.17) is 4.74 Å². The minimum Gasteiger partial charge on any atom is -0.444 e. The molecule has 0 atom stereocenters. The lowest BCUT2D eigenvalue weighted by Crippen LogP contribution is -2.50. The van der Waals surface area contributed by atoms with Crippen molar-refractivity contribution in [3.63, 3.8) is 0 Å². The van der Waals surface area contributed by atoms with Crippen molar-refractivity contribution in [2.45, 2.75) is 110 Å². The molecular formula is C29H45BrN2O3. The Morgan fingerprint density at radius 3 is 2.20 bits per heavy atom. The molecule has 2 fully saturated rings. The van der Waals surface area contributed by atoms with Crippen LogP contribution in [0.4, 0.5) is 4.79 Å². The van der Waals surface area contributed by atoms with Crippen molar-refractivity contribution in [2.24, 2.45) is 11.8 Å². The Labute approximate surface area is 221 Å². The first-order chi connectivity index (χ1) is 16.7. The van der Waals surface area contributed by atoms with Gasteiger partial charge in [0.2, 0.25) is 5.91 Å². The van der Waals surface area contributed by atoms with Crippen LogP contribution < -0.4 is 0 Å². The van der Waals surface area contributed by atoms with Gasteiger partial charge in [-0.3, -0.25) is 4.79 Å². The number of likely N-dealkylation sites (tertiary alicyclic amines) is 1. The highest BCUT2D eigenvalue weighted by Crippen LogP contribution is 2.34. The highest BCUT2D eigenvalue weighted by molar-refractivity contribution is 9.10. The summed E-state index contributed by atoms with van der Waals surface area (Å²) in [6.45, 7) is 9.85. The van der Waals surface area contributed by atoms with E-state index < -0.39 is 5.60 Å². The molecule has 0 spiro atoms. The van der Waals surface area contributed by atoms with Crippen molar-refractivity contribution in [3.05, 3.63) is 34.3 Å². The van der Waals surface area contributed by atoms with E-state index in [1.807, 2.05) is 32.9 Å². The number of halogens is 1. The molecule has 0 radical (unpaired) electrons. The summed E-state index contributed by atoms with van der Waals surface area (Å²) in [5, 5.41) is 0. The summed E-state index contributed by atoms with van der Waals surface area (Å²) in [5.41, 5.74) is 0.664. The lowest BCUT2D eigenvalue weighted by Gasteiger charge is -2.41. The molecule has 35 heavy (non-hydrogen) atoms. The van der Waals surface area contributed by atoms with Crippen molar-refractivity contribution in [1.82, 2.24) is 9.80 Å².